The smallest absolute Gasteiger partial charge is 0.272 e. The molecule has 1 aliphatic heterocycles. The number of rotatable bonds is 7. The second kappa shape index (κ2) is 9.03. The first-order valence-corrected chi connectivity index (χ1v) is 10.7. The van der Waals surface area contributed by atoms with Crippen LogP contribution in [0.2, 0.25) is 0 Å². The van der Waals surface area contributed by atoms with Gasteiger partial charge in [-0.25, -0.2) is 0 Å². The Morgan fingerprint density at radius 2 is 2.06 bits per heavy atom. The molecule has 0 fully saturated rings. The van der Waals surface area contributed by atoms with E-state index < -0.39 is 0 Å². The minimum absolute atomic E-state index is 0.00576. The van der Waals surface area contributed by atoms with Gasteiger partial charge in [0.25, 0.3) is 5.91 Å². The number of aliphatic hydroxyl groups is 1. The molecule has 3 heterocycles. The Balaban J connectivity index is 1.56. The highest BCUT2D eigenvalue weighted by molar-refractivity contribution is 5.94. The maximum atomic E-state index is 13.2. The summed E-state index contributed by atoms with van der Waals surface area (Å²) >= 11 is 0. The van der Waals surface area contributed by atoms with Crippen LogP contribution >= 0.6 is 0 Å². The average molecular weight is 423 g/mol. The van der Waals surface area contributed by atoms with Crippen LogP contribution in [0.5, 0.6) is 0 Å². The minimum atomic E-state index is -0.177. The van der Waals surface area contributed by atoms with E-state index in [2.05, 4.69) is 27.3 Å². The summed E-state index contributed by atoms with van der Waals surface area (Å²) in [6, 6.07) is 9.78. The van der Waals surface area contributed by atoms with Crippen molar-refractivity contribution in [3.05, 3.63) is 70.3 Å². The molecule has 1 aliphatic rings. The highest BCUT2D eigenvalue weighted by Crippen LogP contribution is 2.25. The molecule has 0 radical (unpaired) electrons. The lowest BCUT2D eigenvalue weighted by molar-refractivity contribution is 0.0931. The Morgan fingerprint density at radius 1 is 1.29 bits per heavy atom. The lowest BCUT2D eigenvalue weighted by atomic mass is 10.0. The molecule has 164 valence electrons. The fourth-order valence-corrected chi connectivity index (χ4v) is 4.17. The summed E-state index contributed by atoms with van der Waals surface area (Å²) < 4.78 is 3.68. The molecule has 8 nitrogen and oxygen atoms in total. The predicted molar refractivity (Wildman–Crippen MR) is 117 cm³/mol. The monoisotopic (exact) mass is 422 g/mol. The molecule has 0 aliphatic carbocycles. The molecule has 3 aromatic rings. The van der Waals surface area contributed by atoms with Crippen molar-refractivity contribution in [2.75, 3.05) is 13.2 Å². The maximum Gasteiger partial charge on any atom is 0.272 e. The number of hydrogen-bond donors (Lipinski definition) is 2. The van der Waals surface area contributed by atoms with E-state index in [4.69, 9.17) is 0 Å². The zero-order valence-corrected chi connectivity index (χ0v) is 18.4. The molecule has 1 atom stereocenters. The van der Waals surface area contributed by atoms with Crippen LogP contribution in [-0.4, -0.2) is 48.6 Å². The van der Waals surface area contributed by atoms with E-state index in [9.17, 15) is 9.90 Å². The van der Waals surface area contributed by atoms with Crippen molar-refractivity contribution in [1.29, 1.82) is 0 Å². The molecule has 1 amide bonds. The van der Waals surface area contributed by atoms with Crippen LogP contribution in [0.25, 0.3) is 0 Å². The largest absolute Gasteiger partial charge is 0.394 e. The molecule has 0 spiro atoms. The number of nitrogens with one attached hydrogen (secondary N) is 1. The van der Waals surface area contributed by atoms with Gasteiger partial charge in [-0.2, -0.15) is 10.2 Å². The molecule has 4 rings (SSSR count). The topological polar surface area (TPSA) is 88.2 Å². The van der Waals surface area contributed by atoms with Crippen LogP contribution in [0, 0.1) is 6.92 Å². The van der Waals surface area contributed by atoms with Crippen molar-refractivity contribution in [1.82, 2.24) is 29.8 Å². The third-order valence-electron chi connectivity index (χ3n) is 6.12. The van der Waals surface area contributed by atoms with Crippen molar-refractivity contribution in [3.63, 3.8) is 0 Å². The Labute approximate surface area is 182 Å². The molecule has 8 heteroatoms. The van der Waals surface area contributed by atoms with E-state index in [1.165, 1.54) is 5.56 Å². The van der Waals surface area contributed by atoms with E-state index in [0.29, 0.717) is 18.8 Å². The molecular formula is C23H30N6O2. The van der Waals surface area contributed by atoms with Crippen molar-refractivity contribution in [2.24, 2.45) is 7.05 Å². The van der Waals surface area contributed by atoms with Gasteiger partial charge < -0.3 is 10.4 Å². The van der Waals surface area contributed by atoms with Gasteiger partial charge in [-0.1, -0.05) is 30.3 Å². The van der Waals surface area contributed by atoms with E-state index in [-0.39, 0.29) is 18.6 Å². The average Bonchev–Trinajstić information content (AvgIpc) is 3.29. The molecule has 2 N–H and O–H groups in total. The zero-order valence-electron chi connectivity index (χ0n) is 18.4. The first-order valence-electron chi connectivity index (χ1n) is 10.7. The molecule has 1 unspecified atom stereocenters. The lowest BCUT2D eigenvalue weighted by Crippen LogP contribution is -2.33. The number of aryl methyl sites for hydroxylation is 1. The molecule has 2 aromatic heterocycles. The van der Waals surface area contributed by atoms with Gasteiger partial charge in [0.05, 0.1) is 25.4 Å². The van der Waals surface area contributed by atoms with Crippen molar-refractivity contribution < 1.29 is 9.90 Å². The van der Waals surface area contributed by atoms with E-state index >= 15 is 0 Å². The van der Waals surface area contributed by atoms with Gasteiger partial charge in [-0.15, -0.1) is 0 Å². The molecule has 0 bridgehead atoms. The van der Waals surface area contributed by atoms with Gasteiger partial charge in [0.15, 0.2) is 5.69 Å². The normalized spacial score (nSPS) is 15.0. The lowest BCUT2D eigenvalue weighted by Gasteiger charge is -2.27. The zero-order chi connectivity index (χ0) is 22.0. The quantitative estimate of drug-likeness (QED) is 0.608. The van der Waals surface area contributed by atoms with E-state index in [0.717, 1.165) is 42.0 Å². The number of aromatic nitrogens is 4. The first kappa shape index (κ1) is 21.3. The molecule has 0 saturated carbocycles. The number of carbonyl (C=O) groups is 1. The number of amides is 1. The number of hydrogen-bond acceptors (Lipinski definition) is 5. The third kappa shape index (κ3) is 4.40. The standard InChI is InChI=1S/C23H30N6O2/c1-16(18-7-5-4-6-8-18)25-23(31)22-20-15-28(14-19-13-24-27(3)17(19)2)10-9-21(20)29(26-22)11-12-30/h4-8,13,16,30H,9-12,14-15H2,1-3H3,(H,25,31). The molecule has 0 saturated heterocycles. The van der Waals surface area contributed by atoms with Crippen LogP contribution in [0.3, 0.4) is 0 Å². The van der Waals surface area contributed by atoms with Gasteiger partial charge in [-0.05, 0) is 19.4 Å². The highest BCUT2D eigenvalue weighted by Gasteiger charge is 2.29. The van der Waals surface area contributed by atoms with E-state index in [1.54, 1.807) is 4.68 Å². The number of nitrogens with zero attached hydrogens (tertiary/aromatic N) is 5. The number of benzene rings is 1. The summed E-state index contributed by atoms with van der Waals surface area (Å²) in [6.07, 6.45) is 2.71. The molecule has 31 heavy (non-hydrogen) atoms. The SMILES string of the molecule is Cc1c(CN2CCc3c(c(C(=O)NC(C)c4ccccc4)nn3CCO)C2)cnn1C. The second-order valence-electron chi connectivity index (χ2n) is 8.17. The Hall–Kier alpha value is -2.97. The number of fused-ring (bicyclic) bond motifs is 1. The summed E-state index contributed by atoms with van der Waals surface area (Å²) in [7, 11) is 1.95. The fourth-order valence-electron chi connectivity index (χ4n) is 4.17. The maximum absolute atomic E-state index is 13.2. The molecule has 1 aromatic carbocycles. The van der Waals surface area contributed by atoms with Gasteiger partial charge in [0.1, 0.15) is 0 Å². The summed E-state index contributed by atoms with van der Waals surface area (Å²) in [5, 5.41) is 21.5. The summed E-state index contributed by atoms with van der Waals surface area (Å²) in [4.78, 5) is 15.5. The fraction of sp³-hybridized carbons (Fsp3) is 0.435. The van der Waals surface area contributed by atoms with Gasteiger partial charge in [0.2, 0.25) is 0 Å². The third-order valence-corrected chi connectivity index (χ3v) is 6.12. The highest BCUT2D eigenvalue weighted by atomic mass is 16.3. The van der Waals surface area contributed by atoms with Crippen LogP contribution in [0.15, 0.2) is 36.5 Å². The van der Waals surface area contributed by atoms with Crippen LogP contribution in [0.1, 0.15) is 51.5 Å². The Kier molecular flexibility index (Phi) is 6.20. The van der Waals surface area contributed by atoms with Crippen molar-refractivity contribution in [2.45, 2.75) is 45.9 Å². The minimum Gasteiger partial charge on any atom is -0.394 e. The Bertz CT molecular complexity index is 1060. The second-order valence-corrected chi connectivity index (χ2v) is 8.17. The van der Waals surface area contributed by atoms with Crippen LogP contribution in [0.4, 0.5) is 0 Å². The van der Waals surface area contributed by atoms with Crippen molar-refractivity contribution in [3.8, 4) is 0 Å². The number of aliphatic hydroxyl groups excluding tert-OH is 1. The summed E-state index contributed by atoms with van der Waals surface area (Å²) in [5.74, 6) is -0.177. The summed E-state index contributed by atoms with van der Waals surface area (Å²) in [6.45, 7) is 6.74. The van der Waals surface area contributed by atoms with Gasteiger partial charge in [-0.3, -0.25) is 19.1 Å². The van der Waals surface area contributed by atoms with Crippen molar-refractivity contribution >= 4 is 5.91 Å². The van der Waals surface area contributed by atoms with Crippen LogP contribution < -0.4 is 5.32 Å². The number of carbonyl (C=O) groups excluding carboxylic acids is 1. The van der Waals surface area contributed by atoms with E-state index in [1.807, 2.05) is 55.2 Å². The van der Waals surface area contributed by atoms with Crippen LogP contribution in [-0.2, 0) is 33.1 Å². The van der Waals surface area contributed by atoms with Gasteiger partial charge >= 0.3 is 0 Å². The molecular weight excluding hydrogens is 392 g/mol. The Morgan fingerprint density at radius 3 is 2.74 bits per heavy atom. The first-order chi connectivity index (χ1) is 15.0. The summed E-state index contributed by atoms with van der Waals surface area (Å²) in [5.41, 5.74) is 5.85. The predicted octanol–water partition coefficient (Wildman–Crippen LogP) is 1.97. The van der Waals surface area contributed by atoms with Gasteiger partial charge in [0, 0.05) is 55.6 Å².